The average Bonchev–Trinajstić information content (AvgIpc) is 1.59. The summed E-state index contributed by atoms with van der Waals surface area (Å²) in [6.07, 6.45) is 0. The van der Waals surface area contributed by atoms with Crippen molar-refractivity contribution < 1.29 is 13.2 Å². The number of carbonyl (C=O) groups excluding carboxylic acids is 1. The molecular formula is C3H9N3O3S. The molecule has 60 valence electrons. The maximum absolute atomic E-state index is 10.2. The Balaban J connectivity index is 3.49. The van der Waals surface area contributed by atoms with Gasteiger partial charge < -0.3 is 11.1 Å². The molecule has 0 aliphatic heterocycles. The van der Waals surface area contributed by atoms with Crippen LogP contribution in [0.15, 0.2) is 0 Å². The first-order valence-electron chi connectivity index (χ1n) is 2.45. The number of sulfonamides is 1. The number of urea groups is 1. The molecule has 5 N–H and O–H groups in total. The van der Waals surface area contributed by atoms with Gasteiger partial charge in [-0.05, 0) is 0 Å². The minimum atomic E-state index is -3.49. The van der Waals surface area contributed by atoms with Gasteiger partial charge in [-0.25, -0.2) is 18.4 Å². The molecule has 2 amide bonds. The summed E-state index contributed by atoms with van der Waals surface area (Å²) in [5, 5.41) is 6.68. The Morgan fingerprint density at radius 2 is 2.00 bits per heavy atom. The van der Waals surface area contributed by atoms with E-state index in [1.165, 1.54) is 0 Å². The van der Waals surface area contributed by atoms with Crippen LogP contribution in [0.1, 0.15) is 0 Å². The molecular weight excluding hydrogens is 158 g/mol. The Morgan fingerprint density at radius 3 is 2.30 bits per heavy atom. The van der Waals surface area contributed by atoms with Crippen LogP contribution in [0.5, 0.6) is 0 Å². The molecule has 0 unspecified atom stereocenters. The fourth-order valence-corrected chi connectivity index (χ4v) is 0.703. The lowest BCUT2D eigenvalue weighted by molar-refractivity contribution is 0.249. The first-order valence-corrected chi connectivity index (χ1v) is 4.17. The molecule has 10 heavy (non-hydrogen) atoms. The molecule has 0 saturated carbocycles. The molecule has 0 atom stereocenters. The van der Waals surface area contributed by atoms with Crippen LogP contribution in [0.3, 0.4) is 0 Å². The van der Waals surface area contributed by atoms with Crippen molar-refractivity contribution in [1.29, 1.82) is 0 Å². The van der Waals surface area contributed by atoms with Crippen molar-refractivity contribution in [3.05, 3.63) is 0 Å². The lowest BCUT2D eigenvalue weighted by atomic mass is 10.7. The van der Waals surface area contributed by atoms with Crippen LogP contribution in [0.4, 0.5) is 4.79 Å². The smallest absolute Gasteiger partial charge is 0.312 e. The lowest BCUT2D eigenvalue weighted by Gasteiger charge is -1.97. The van der Waals surface area contributed by atoms with Gasteiger partial charge in [-0.15, -0.1) is 0 Å². The molecule has 0 aromatic carbocycles. The molecule has 0 rings (SSSR count). The zero-order valence-corrected chi connectivity index (χ0v) is 6.02. The van der Waals surface area contributed by atoms with E-state index in [-0.39, 0.29) is 12.3 Å². The Labute approximate surface area is 58.6 Å². The second kappa shape index (κ2) is 3.37. The third-order valence-electron chi connectivity index (χ3n) is 0.686. The van der Waals surface area contributed by atoms with Crippen LogP contribution >= 0.6 is 0 Å². The largest absolute Gasteiger partial charge is 0.352 e. The Bertz CT molecular complexity index is 209. The van der Waals surface area contributed by atoms with Gasteiger partial charge in [0.05, 0.1) is 5.75 Å². The highest BCUT2D eigenvalue weighted by atomic mass is 32.2. The van der Waals surface area contributed by atoms with E-state index >= 15 is 0 Å². The summed E-state index contributed by atoms with van der Waals surface area (Å²) in [5.74, 6) is -0.296. The highest BCUT2D eigenvalue weighted by molar-refractivity contribution is 7.89. The summed E-state index contributed by atoms with van der Waals surface area (Å²) in [4.78, 5) is 9.96. The van der Waals surface area contributed by atoms with E-state index in [2.05, 4.69) is 16.2 Å². The summed E-state index contributed by atoms with van der Waals surface area (Å²) in [6.45, 7) is -0.0475. The number of primary amides is 1. The number of rotatable bonds is 3. The zero-order chi connectivity index (χ0) is 8.20. The Morgan fingerprint density at radius 1 is 1.50 bits per heavy atom. The Kier molecular flexibility index (Phi) is 3.10. The SMILES string of the molecule is NC(=O)NCCS(N)(=O)=O. The lowest BCUT2D eigenvalue weighted by Crippen LogP contribution is -2.34. The molecule has 0 aliphatic carbocycles. The number of hydrogen-bond donors (Lipinski definition) is 3. The molecule has 0 bridgehead atoms. The van der Waals surface area contributed by atoms with Crippen LogP contribution in [0.2, 0.25) is 0 Å². The fraction of sp³-hybridized carbons (Fsp3) is 0.667. The van der Waals surface area contributed by atoms with Crippen molar-refractivity contribution in [3.8, 4) is 0 Å². The van der Waals surface area contributed by atoms with Crippen molar-refractivity contribution in [1.82, 2.24) is 5.32 Å². The monoisotopic (exact) mass is 167 g/mol. The number of carbonyl (C=O) groups is 1. The average molecular weight is 167 g/mol. The van der Waals surface area contributed by atoms with E-state index in [0.29, 0.717) is 0 Å². The van der Waals surface area contributed by atoms with Crippen LogP contribution in [0.25, 0.3) is 0 Å². The van der Waals surface area contributed by atoms with E-state index < -0.39 is 16.1 Å². The van der Waals surface area contributed by atoms with Gasteiger partial charge in [-0.2, -0.15) is 0 Å². The molecule has 0 heterocycles. The summed E-state index contributed by atoms with van der Waals surface area (Å²) in [5.41, 5.74) is 4.64. The van der Waals surface area contributed by atoms with E-state index in [9.17, 15) is 13.2 Å². The molecule has 0 spiro atoms. The predicted molar refractivity (Wildman–Crippen MR) is 35.6 cm³/mol. The van der Waals surface area contributed by atoms with Crippen LogP contribution in [-0.4, -0.2) is 26.7 Å². The van der Waals surface area contributed by atoms with Crippen molar-refractivity contribution in [2.45, 2.75) is 0 Å². The molecule has 7 heteroatoms. The molecule has 0 aromatic rings. The maximum atomic E-state index is 10.2. The van der Waals surface area contributed by atoms with E-state index in [4.69, 9.17) is 0 Å². The van der Waals surface area contributed by atoms with Crippen molar-refractivity contribution in [2.24, 2.45) is 10.9 Å². The van der Waals surface area contributed by atoms with E-state index in [1.54, 1.807) is 0 Å². The minimum Gasteiger partial charge on any atom is -0.352 e. The number of nitrogens with one attached hydrogen (secondary N) is 1. The standard InChI is InChI=1S/C3H9N3O3S/c4-3(7)6-1-2-10(5,8)9/h1-2H2,(H3,4,6,7)(H2,5,8,9). The topological polar surface area (TPSA) is 115 Å². The van der Waals surface area contributed by atoms with Gasteiger partial charge in [-0.1, -0.05) is 0 Å². The van der Waals surface area contributed by atoms with E-state index in [1.807, 2.05) is 0 Å². The van der Waals surface area contributed by atoms with Crippen LogP contribution < -0.4 is 16.2 Å². The van der Waals surface area contributed by atoms with Gasteiger partial charge in [-0.3, -0.25) is 0 Å². The molecule has 0 radical (unpaired) electrons. The third kappa shape index (κ3) is 7.18. The summed E-state index contributed by atoms with van der Waals surface area (Å²) >= 11 is 0. The maximum Gasteiger partial charge on any atom is 0.312 e. The summed E-state index contributed by atoms with van der Waals surface area (Å²) < 4.78 is 20.4. The molecule has 0 aliphatic rings. The molecule has 6 nitrogen and oxygen atoms in total. The summed E-state index contributed by atoms with van der Waals surface area (Å²) in [7, 11) is -3.49. The predicted octanol–water partition coefficient (Wildman–Crippen LogP) is -2.06. The summed E-state index contributed by atoms with van der Waals surface area (Å²) in [6, 6.07) is -0.761. The quantitative estimate of drug-likeness (QED) is 0.449. The highest BCUT2D eigenvalue weighted by Crippen LogP contribution is 1.72. The van der Waals surface area contributed by atoms with E-state index in [0.717, 1.165) is 0 Å². The van der Waals surface area contributed by atoms with Crippen molar-refractivity contribution in [2.75, 3.05) is 12.3 Å². The van der Waals surface area contributed by atoms with Gasteiger partial charge in [0.1, 0.15) is 0 Å². The molecule has 0 fully saturated rings. The first kappa shape index (κ1) is 9.18. The second-order valence-corrected chi connectivity index (χ2v) is 3.39. The van der Waals surface area contributed by atoms with Gasteiger partial charge >= 0.3 is 6.03 Å². The van der Waals surface area contributed by atoms with Crippen LogP contribution in [-0.2, 0) is 10.0 Å². The van der Waals surface area contributed by atoms with Gasteiger partial charge in [0.25, 0.3) is 0 Å². The zero-order valence-electron chi connectivity index (χ0n) is 5.20. The number of primary sulfonamides is 1. The Hall–Kier alpha value is -0.820. The fourth-order valence-electron chi connectivity index (χ4n) is 0.316. The molecule has 0 saturated heterocycles. The van der Waals surface area contributed by atoms with Gasteiger partial charge in [0.2, 0.25) is 10.0 Å². The first-order chi connectivity index (χ1) is 4.42. The van der Waals surface area contributed by atoms with Crippen molar-refractivity contribution >= 4 is 16.1 Å². The van der Waals surface area contributed by atoms with Gasteiger partial charge in [0, 0.05) is 6.54 Å². The third-order valence-corrected chi connectivity index (χ3v) is 1.46. The number of hydrogen-bond acceptors (Lipinski definition) is 3. The van der Waals surface area contributed by atoms with Crippen molar-refractivity contribution in [3.63, 3.8) is 0 Å². The second-order valence-electron chi connectivity index (χ2n) is 1.66. The normalized spacial score (nSPS) is 10.9. The minimum absolute atomic E-state index is 0.0475. The molecule has 0 aromatic heterocycles. The number of nitrogens with two attached hydrogens (primary N) is 2. The van der Waals surface area contributed by atoms with Gasteiger partial charge in [0.15, 0.2) is 0 Å². The van der Waals surface area contributed by atoms with Crippen LogP contribution in [0, 0.1) is 0 Å². The number of amides is 2. The highest BCUT2D eigenvalue weighted by Gasteiger charge is 2.01.